The fourth-order valence-corrected chi connectivity index (χ4v) is 2.41. The van der Waals surface area contributed by atoms with Crippen LogP contribution in [0.2, 0.25) is 0 Å². The zero-order valence-corrected chi connectivity index (χ0v) is 17.1. The molecule has 0 aliphatic carbocycles. The Labute approximate surface area is 173 Å². The van der Waals surface area contributed by atoms with Crippen molar-refractivity contribution in [1.29, 1.82) is 0 Å². The summed E-state index contributed by atoms with van der Waals surface area (Å²) in [5.74, 6) is -4.91. The van der Waals surface area contributed by atoms with Gasteiger partial charge in [0.05, 0.1) is 6.61 Å². The van der Waals surface area contributed by atoms with E-state index in [4.69, 9.17) is 21.7 Å². The molecule has 4 atom stereocenters. The molecule has 0 aromatic rings. The van der Waals surface area contributed by atoms with Crippen LogP contribution in [-0.2, 0) is 24.0 Å². The molecule has 0 aromatic heterocycles. The lowest BCUT2D eigenvalue weighted by Gasteiger charge is -2.26. The summed E-state index contributed by atoms with van der Waals surface area (Å²) in [4.78, 5) is 58.8. The van der Waals surface area contributed by atoms with E-state index in [1.54, 1.807) is 13.8 Å². The fourth-order valence-electron chi connectivity index (χ4n) is 2.15. The largest absolute Gasteiger partial charge is 0.480 e. The molecule has 12 nitrogen and oxygen atoms in total. The SMILES string of the molecule is CC(C)C(NC(=O)C(N)CO)C(=O)NC(CS)C(=O)NC(CCC(N)=O)C(=O)O. The van der Waals surface area contributed by atoms with Crippen LogP contribution in [0.1, 0.15) is 26.7 Å². The molecule has 0 heterocycles. The lowest BCUT2D eigenvalue weighted by atomic mass is 10.0. The Morgan fingerprint density at radius 2 is 1.52 bits per heavy atom. The molecule has 0 aliphatic rings. The Bertz CT molecular complexity index is 616. The molecular weight excluding hydrogens is 406 g/mol. The van der Waals surface area contributed by atoms with E-state index in [-0.39, 0.29) is 24.5 Å². The molecule has 0 saturated heterocycles. The number of primary amides is 1. The van der Waals surface area contributed by atoms with E-state index in [2.05, 4.69) is 28.6 Å². The number of nitrogens with one attached hydrogen (secondary N) is 3. The Morgan fingerprint density at radius 3 is 1.93 bits per heavy atom. The van der Waals surface area contributed by atoms with Gasteiger partial charge in [0.1, 0.15) is 24.2 Å². The molecule has 29 heavy (non-hydrogen) atoms. The monoisotopic (exact) mass is 435 g/mol. The molecule has 0 fully saturated rings. The third-order valence-electron chi connectivity index (χ3n) is 3.89. The zero-order chi connectivity index (χ0) is 22.7. The van der Waals surface area contributed by atoms with Gasteiger partial charge in [-0.25, -0.2) is 4.79 Å². The number of aliphatic hydroxyl groups excluding tert-OH is 1. The number of rotatable bonds is 13. The predicted octanol–water partition coefficient (Wildman–Crippen LogP) is -3.30. The van der Waals surface area contributed by atoms with E-state index in [9.17, 15) is 24.0 Å². The summed E-state index contributed by atoms with van der Waals surface area (Å²) in [5.41, 5.74) is 10.4. The summed E-state index contributed by atoms with van der Waals surface area (Å²) in [6, 6.07) is -4.85. The zero-order valence-electron chi connectivity index (χ0n) is 16.3. The average molecular weight is 436 g/mol. The molecule has 0 aromatic carbocycles. The topological polar surface area (TPSA) is 214 Å². The Morgan fingerprint density at radius 1 is 0.966 bits per heavy atom. The number of aliphatic carboxylic acids is 1. The third kappa shape index (κ3) is 9.58. The van der Waals surface area contributed by atoms with Crippen molar-refractivity contribution in [3.63, 3.8) is 0 Å². The van der Waals surface area contributed by atoms with Crippen molar-refractivity contribution in [3.8, 4) is 0 Å². The maximum absolute atomic E-state index is 12.5. The van der Waals surface area contributed by atoms with Crippen molar-refractivity contribution in [2.75, 3.05) is 12.4 Å². The van der Waals surface area contributed by atoms with Gasteiger partial charge in [-0.15, -0.1) is 0 Å². The Balaban J connectivity index is 5.12. The van der Waals surface area contributed by atoms with Gasteiger partial charge in [-0.3, -0.25) is 19.2 Å². The van der Waals surface area contributed by atoms with E-state index in [0.29, 0.717) is 0 Å². The molecule has 0 saturated carbocycles. The molecule has 9 N–H and O–H groups in total. The summed E-state index contributed by atoms with van der Waals surface area (Å²) in [6.45, 7) is 2.69. The normalized spacial score (nSPS) is 15.0. The number of thiol groups is 1. The van der Waals surface area contributed by atoms with Gasteiger partial charge >= 0.3 is 5.97 Å². The lowest BCUT2D eigenvalue weighted by Crippen LogP contribution is -2.59. The van der Waals surface area contributed by atoms with Gasteiger partial charge in [0.2, 0.25) is 23.6 Å². The van der Waals surface area contributed by atoms with Crippen LogP contribution < -0.4 is 27.4 Å². The standard InChI is InChI=1S/C16H29N5O7S/c1-7(2)12(21-13(24)8(17)5-22)15(26)20-10(6-29)14(25)19-9(16(27)28)3-4-11(18)23/h7-10,12,22,29H,3-6,17H2,1-2H3,(H2,18,23)(H,19,25)(H,20,26)(H,21,24)(H,27,28). The van der Waals surface area contributed by atoms with Crippen LogP contribution in [-0.4, -0.2) is 76.3 Å². The minimum atomic E-state index is -1.38. The maximum Gasteiger partial charge on any atom is 0.326 e. The van der Waals surface area contributed by atoms with Crippen LogP contribution in [0, 0.1) is 5.92 Å². The van der Waals surface area contributed by atoms with Crippen LogP contribution in [0.15, 0.2) is 0 Å². The van der Waals surface area contributed by atoms with Gasteiger partial charge < -0.3 is 37.6 Å². The molecule has 13 heteroatoms. The van der Waals surface area contributed by atoms with Crippen LogP contribution in [0.25, 0.3) is 0 Å². The van der Waals surface area contributed by atoms with Gasteiger partial charge in [-0.1, -0.05) is 13.8 Å². The number of hydrogen-bond acceptors (Lipinski definition) is 8. The molecular formula is C16H29N5O7S. The predicted molar refractivity (Wildman–Crippen MR) is 106 cm³/mol. The highest BCUT2D eigenvalue weighted by Crippen LogP contribution is 2.05. The molecule has 0 rings (SSSR count). The van der Waals surface area contributed by atoms with E-state index in [1.165, 1.54) is 0 Å². The van der Waals surface area contributed by atoms with Crippen LogP contribution in [0.5, 0.6) is 0 Å². The maximum atomic E-state index is 12.5. The second-order valence-electron chi connectivity index (χ2n) is 6.67. The quantitative estimate of drug-likeness (QED) is 0.137. The van der Waals surface area contributed by atoms with E-state index in [1.807, 2.05) is 0 Å². The highest BCUT2D eigenvalue weighted by atomic mass is 32.1. The molecule has 0 bridgehead atoms. The fraction of sp³-hybridized carbons (Fsp3) is 0.688. The van der Waals surface area contributed by atoms with Crippen molar-refractivity contribution in [3.05, 3.63) is 0 Å². The number of aliphatic hydroxyl groups is 1. The van der Waals surface area contributed by atoms with E-state index < -0.39 is 60.4 Å². The highest BCUT2D eigenvalue weighted by Gasteiger charge is 2.31. The summed E-state index contributed by atoms with van der Waals surface area (Å²) >= 11 is 3.99. The molecule has 4 unspecified atom stereocenters. The number of hydrogen-bond donors (Lipinski definition) is 8. The van der Waals surface area contributed by atoms with Crippen molar-refractivity contribution < 1.29 is 34.2 Å². The smallest absolute Gasteiger partial charge is 0.326 e. The van der Waals surface area contributed by atoms with Crippen molar-refractivity contribution >= 4 is 42.2 Å². The number of carboxylic acids is 1. The summed E-state index contributed by atoms with van der Waals surface area (Å²) in [7, 11) is 0. The molecule has 0 aliphatic heterocycles. The van der Waals surface area contributed by atoms with Gasteiger partial charge in [0, 0.05) is 12.2 Å². The number of carbonyl (C=O) groups excluding carboxylic acids is 4. The number of nitrogens with two attached hydrogens (primary N) is 2. The second-order valence-corrected chi connectivity index (χ2v) is 7.03. The highest BCUT2D eigenvalue weighted by molar-refractivity contribution is 7.80. The van der Waals surface area contributed by atoms with Crippen LogP contribution in [0.3, 0.4) is 0 Å². The van der Waals surface area contributed by atoms with Crippen molar-refractivity contribution in [1.82, 2.24) is 16.0 Å². The van der Waals surface area contributed by atoms with Gasteiger partial charge in [0.15, 0.2) is 0 Å². The van der Waals surface area contributed by atoms with Gasteiger partial charge in [-0.05, 0) is 12.3 Å². The summed E-state index contributed by atoms with van der Waals surface area (Å²) in [5, 5.41) is 25.1. The van der Waals surface area contributed by atoms with E-state index >= 15 is 0 Å². The molecule has 4 amide bonds. The minimum absolute atomic E-state index is 0.158. The first-order chi connectivity index (χ1) is 13.4. The first-order valence-electron chi connectivity index (χ1n) is 8.84. The van der Waals surface area contributed by atoms with Crippen LogP contribution in [0.4, 0.5) is 0 Å². The first-order valence-corrected chi connectivity index (χ1v) is 9.47. The minimum Gasteiger partial charge on any atom is -0.480 e. The molecule has 166 valence electrons. The van der Waals surface area contributed by atoms with Crippen LogP contribution >= 0.6 is 12.6 Å². The second kappa shape index (κ2) is 13.0. The molecule has 0 spiro atoms. The average Bonchev–Trinajstić information content (AvgIpc) is 2.65. The number of carboxylic acid groups (broad SMARTS) is 1. The van der Waals surface area contributed by atoms with Gasteiger partial charge in [-0.2, -0.15) is 12.6 Å². The lowest BCUT2D eigenvalue weighted by molar-refractivity contribution is -0.142. The number of amides is 4. The van der Waals surface area contributed by atoms with Gasteiger partial charge in [0.25, 0.3) is 0 Å². The van der Waals surface area contributed by atoms with Crippen molar-refractivity contribution in [2.45, 2.75) is 50.9 Å². The Hall–Kier alpha value is -2.38. The Kier molecular flexibility index (Phi) is 11.9. The third-order valence-corrected chi connectivity index (χ3v) is 4.26. The van der Waals surface area contributed by atoms with E-state index in [0.717, 1.165) is 0 Å². The molecule has 0 radical (unpaired) electrons. The summed E-state index contributed by atoms with van der Waals surface area (Å²) in [6.07, 6.45) is -0.463. The summed E-state index contributed by atoms with van der Waals surface area (Å²) < 4.78 is 0. The first kappa shape index (κ1) is 26.6. The number of carbonyl (C=O) groups is 5. The van der Waals surface area contributed by atoms with Crippen molar-refractivity contribution in [2.24, 2.45) is 17.4 Å².